The number of rotatable bonds is 6. The molecule has 0 fully saturated rings. The summed E-state index contributed by atoms with van der Waals surface area (Å²) in [5.74, 6) is 1.67. The second-order valence-corrected chi connectivity index (χ2v) is 6.37. The van der Waals surface area contributed by atoms with E-state index in [2.05, 4.69) is 46.4 Å². The number of H-pyrrole nitrogens is 2. The number of ether oxygens (including phenoxy) is 2. The Kier molecular flexibility index (Phi) is 5.02. The molecule has 0 unspecified atom stereocenters. The van der Waals surface area contributed by atoms with Crippen LogP contribution in [0.5, 0.6) is 11.5 Å². The Morgan fingerprint density at radius 2 is 0.964 bits per heavy atom. The lowest BCUT2D eigenvalue weighted by atomic mass is 9.90. The lowest BCUT2D eigenvalue weighted by molar-refractivity contribution is 0.414. The van der Waals surface area contributed by atoms with Gasteiger partial charge in [-0.3, -0.25) is 0 Å². The van der Waals surface area contributed by atoms with Crippen LogP contribution in [-0.2, 0) is 0 Å². The number of aromatic nitrogens is 2. The molecule has 0 saturated heterocycles. The molecule has 2 aromatic carbocycles. The van der Waals surface area contributed by atoms with Crippen LogP contribution >= 0.6 is 0 Å². The molecule has 4 aromatic rings. The van der Waals surface area contributed by atoms with Crippen LogP contribution in [0.15, 0.2) is 85.2 Å². The first kappa shape index (κ1) is 17.7. The zero-order chi connectivity index (χ0) is 19.3. The number of hydrogen-bond acceptors (Lipinski definition) is 2. The van der Waals surface area contributed by atoms with Crippen LogP contribution < -0.4 is 9.47 Å². The summed E-state index contributed by atoms with van der Waals surface area (Å²) < 4.78 is 10.7. The van der Waals surface area contributed by atoms with Crippen LogP contribution in [0.3, 0.4) is 0 Å². The molecule has 0 radical (unpaired) electrons. The van der Waals surface area contributed by atoms with Gasteiger partial charge >= 0.3 is 0 Å². The Hall–Kier alpha value is -3.66. The van der Waals surface area contributed by atoms with Crippen molar-refractivity contribution in [3.8, 4) is 11.5 Å². The molecule has 0 bridgehead atoms. The van der Waals surface area contributed by atoms with E-state index in [4.69, 9.17) is 9.47 Å². The fourth-order valence-corrected chi connectivity index (χ4v) is 3.36. The molecule has 0 spiro atoms. The summed E-state index contributed by atoms with van der Waals surface area (Å²) in [6.45, 7) is 0. The minimum Gasteiger partial charge on any atom is -0.497 e. The molecule has 140 valence electrons. The number of aromatic amines is 2. The maximum atomic E-state index is 5.34. The van der Waals surface area contributed by atoms with E-state index in [0.29, 0.717) is 0 Å². The highest BCUT2D eigenvalue weighted by Gasteiger charge is 2.17. The van der Waals surface area contributed by atoms with E-state index in [9.17, 15) is 0 Å². The van der Waals surface area contributed by atoms with Crippen molar-refractivity contribution < 1.29 is 9.47 Å². The Balaban J connectivity index is 1.99. The number of methoxy groups -OCH3 is 2. The van der Waals surface area contributed by atoms with Gasteiger partial charge in [0.1, 0.15) is 11.5 Å². The Bertz CT molecular complexity index is 955. The molecular formula is C24H22N2O2. The highest BCUT2D eigenvalue weighted by Crippen LogP contribution is 2.36. The Morgan fingerprint density at radius 1 is 0.571 bits per heavy atom. The predicted molar refractivity (Wildman–Crippen MR) is 113 cm³/mol. The van der Waals surface area contributed by atoms with Crippen molar-refractivity contribution >= 4 is 11.1 Å². The van der Waals surface area contributed by atoms with Crippen molar-refractivity contribution in [2.45, 2.75) is 0 Å². The average Bonchev–Trinajstić information content (AvgIpc) is 3.46. The normalized spacial score (nSPS) is 11.8. The lowest BCUT2D eigenvalue weighted by Crippen LogP contribution is -1.98. The number of benzene rings is 2. The maximum absolute atomic E-state index is 5.34. The minimum absolute atomic E-state index is 0.834. The third kappa shape index (κ3) is 3.45. The first-order valence-electron chi connectivity index (χ1n) is 9.11. The lowest BCUT2D eigenvalue weighted by Gasteiger charge is -2.16. The van der Waals surface area contributed by atoms with Crippen LogP contribution in [0, 0.1) is 0 Å². The van der Waals surface area contributed by atoms with E-state index >= 15 is 0 Å². The molecule has 4 rings (SSSR count). The maximum Gasteiger partial charge on any atom is 0.118 e. The molecule has 4 nitrogen and oxygen atoms in total. The van der Waals surface area contributed by atoms with E-state index in [0.717, 1.165) is 45.2 Å². The van der Waals surface area contributed by atoms with E-state index in [1.807, 2.05) is 48.8 Å². The fraction of sp³-hybridized carbons (Fsp3) is 0.0833. The highest BCUT2D eigenvalue weighted by atomic mass is 16.5. The topological polar surface area (TPSA) is 50.0 Å². The standard InChI is InChI=1S/C24H22N2O2/c1-27-19-11-7-17(8-12-19)23(21-5-3-15-25-21)24(22-6-4-16-26-22)18-9-13-20(28-2)14-10-18/h3-16,25-26H,1-2H3/b24-23-. The zero-order valence-electron chi connectivity index (χ0n) is 15.9. The molecule has 0 aliphatic rings. The summed E-state index contributed by atoms with van der Waals surface area (Å²) in [5.41, 5.74) is 6.52. The van der Waals surface area contributed by atoms with Gasteiger partial charge in [0, 0.05) is 34.9 Å². The molecule has 2 heterocycles. The fourth-order valence-electron chi connectivity index (χ4n) is 3.36. The Labute approximate surface area is 164 Å². The van der Waals surface area contributed by atoms with Crippen molar-refractivity contribution in [2.24, 2.45) is 0 Å². The minimum atomic E-state index is 0.834. The Morgan fingerprint density at radius 3 is 1.25 bits per heavy atom. The zero-order valence-corrected chi connectivity index (χ0v) is 15.9. The second-order valence-electron chi connectivity index (χ2n) is 6.37. The van der Waals surface area contributed by atoms with Gasteiger partial charge in [-0.1, -0.05) is 24.3 Å². The van der Waals surface area contributed by atoms with E-state index in [-0.39, 0.29) is 0 Å². The van der Waals surface area contributed by atoms with Gasteiger partial charge in [-0.15, -0.1) is 0 Å². The van der Waals surface area contributed by atoms with Gasteiger partial charge in [-0.05, 0) is 59.7 Å². The van der Waals surface area contributed by atoms with Crippen molar-refractivity contribution in [1.82, 2.24) is 9.97 Å². The first-order chi connectivity index (χ1) is 13.8. The molecule has 4 heteroatoms. The predicted octanol–water partition coefficient (Wildman–Crippen LogP) is 5.37. The molecule has 0 amide bonds. The van der Waals surface area contributed by atoms with Crippen LogP contribution in [-0.4, -0.2) is 24.2 Å². The number of hydrogen-bond donors (Lipinski definition) is 2. The molecule has 28 heavy (non-hydrogen) atoms. The molecule has 2 aromatic heterocycles. The van der Waals surface area contributed by atoms with Gasteiger partial charge in [0.25, 0.3) is 0 Å². The molecule has 2 N–H and O–H groups in total. The van der Waals surface area contributed by atoms with Gasteiger partial charge in [0.05, 0.1) is 14.2 Å². The van der Waals surface area contributed by atoms with Crippen LogP contribution in [0.2, 0.25) is 0 Å². The third-order valence-corrected chi connectivity index (χ3v) is 4.74. The van der Waals surface area contributed by atoms with Gasteiger partial charge < -0.3 is 19.4 Å². The summed E-state index contributed by atoms with van der Waals surface area (Å²) in [4.78, 5) is 6.74. The van der Waals surface area contributed by atoms with Crippen LogP contribution in [0.1, 0.15) is 22.5 Å². The highest BCUT2D eigenvalue weighted by molar-refractivity contribution is 6.03. The molecule has 0 atom stereocenters. The van der Waals surface area contributed by atoms with E-state index in [1.54, 1.807) is 14.2 Å². The quantitative estimate of drug-likeness (QED) is 0.449. The summed E-state index contributed by atoms with van der Waals surface area (Å²) in [7, 11) is 3.36. The smallest absolute Gasteiger partial charge is 0.118 e. The molecule has 0 aliphatic carbocycles. The second kappa shape index (κ2) is 7.92. The SMILES string of the molecule is COc1ccc(/C(=C(\c2ccc(OC)cc2)c2ccc[nH]2)c2ccc[nH]2)cc1. The van der Waals surface area contributed by atoms with Crippen LogP contribution in [0.25, 0.3) is 11.1 Å². The van der Waals surface area contributed by atoms with E-state index < -0.39 is 0 Å². The average molecular weight is 370 g/mol. The van der Waals surface area contributed by atoms with Crippen molar-refractivity contribution in [3.05, 3.63) is 108 Å². The molecule has 0 saturated carbocycles. The number of nitrogens with one attached hydrogen (secondary N) is 2. The van der Waals surface area contributed by atoms with Gasteiger partial charge in [-0.2, -0.15) is 0 Å². The van der Waals surface area contributed by atoms with Crippen molar-refractivity contribution in [2.75, 3.05) is 14.2 Å². The largest absolute Gasteiger partial charge is 0.497 e. The summed E-state index contributed by atoms with van der Waals surface area (Å²) >= 11 is 0. The molecular weight excluding hydrogens is 348 g/mol. The van der Waals surface area contributed by atoms with Crippen molar-refractivity contribution in [1.29, 1.82) is 0 Å². The summed E-state index contributed by atoms with van der Waals surface area (Å²) in [6, 6.07) is 24.5. The first-order valence-corrected chi connectivity index (χ1v) is 9.11. The molecule has 0 aliphatic heterocycles. The summed E-state index contributed by atoms with van der Waals surface area (Å²) in [5, 5.41) is 0. The van der Waals surface area contributed by atoms with Crippen molar-refractivity contribution in [3.63, 3.8) is 0 Å². The van der Waals surface area contributed by atoms with Gasteiger partial charge in [-0.25, -0.2) is 0 Å². The monoisotopic (exact) mass is 370 g/mol. The summed E-state index contributed by atoms with van der Waals surface area (Å²) in [6.07, 6.45) is 3.89. The van der Waals surface area contributed by atoms with E-state index in [1.165, 1.54) is 0 Å². The van der Waals surface area contributed by atoms with Gasteiger partial charge in [0.2, 0.25) is 0 Å². The third-order valence-electron chi connectivity index (χ3n) is 4.74. The van der Waals surface area contributed by atoms with Gasteiger partial charge in [0.15, 0.2) is 0 Å². The van der Waals surface area contributed by atoms with Crippen LogP contribution in [0.4, 0.5) is 0 Å².